The molecule has 3 atom stereocenters. The lowest BCUT2D eigenvalue weighted by Gasteiger charge is -2.31. The summed E-state index contributed by atoms with van der Waals surface area (Å²) in [4.78, 5) is 0. The number of rotatable bonds is 3. The van der Waals surface area contributed by atoms with Crippen LogP contribution in [0, 0.1) is 5.82 Å². The van der Waals surface area contributed by atoms with Crippen LogP contribution in [0.1, 0.15) is 48.8 Å². The first-order valence-electron chi connectivity index (χ1n) is 10.9. The Morgan fingerprint density at radius 2 is 1.94 bits per heavy atom. The van der Waals surface area contributed by atoms with Crippen LogP contribution in [0.3, 0.4) is 0 Å². The number of alkyl halides is 3. The molecule has 178 valence electrons. The fraction of sp³-hybridized carbons (Fsp3) is 0.545. The second-order valence-corrected chi connectivity index (χ2v) is 8.79. The van der Waals surface area contributed by atoms with Gasteiger partial charge in [-0.15, -0.1) is 10.2 Å². The fourth-order valence-corrected chi connectivity index (χ4v) is 4.99. The maximum Gasteiger partial charge on any atom is 0.416 e. The Hall–Kier alpha value is -2.50. The predicted octanol–water partition coefficient (Wildman–Crippen LogP) is 3.87. The highest BCUT2D eigenvalue weighted by Crippen LogP contribution is 2.49. The van der Waals surface area contributed by atoms with E-state index < -0.39 is 40.6 Å². The molecule has 2 fully saturated rings. The number of aliphatic hydroxyl groups excluding tert-OH is 1. The number of hydrogen-bond acceptors (Lipinski definition) is 7. The quantitative estimate of drug-likeness (QED) is 0.588. The molecule has 0 bridgehead atoms. The van der Waals surface area contributed by atoms with Crippen molar-refractivity contribution in [3.8, 4) is 17.0 Å². The SMILES string of the molecule is Oc1cc(C(F)(F)F)cc(F)c1-c1nnc(N[C@@H]2CCCC[C@H]2O)c2c1CO[C@]21CCOC1. The smallest absolute Gasteiger partial charge is 0.416 e. The van der Waals surface area contributed by atoms with Gasteiger partial charge in [0.2, 0.25) is 0 Å². The zero-order valence-electron chi connectivity index (χ0n) is 17.6. The lowest BCUT2D eigenvalue weighted by atomic mass is 9.88. The highest BCUT2D eigenvalue weighted by atomic mass is 19.4. The topological polar surface area (TPSA) is 96.7 Å². The molecule has 2 aromatic rings. The normalized spacial score (nSPS) is 27.2. The highest BCUT2D eigenvalue weighted by Gasteiger charge is 2.48. The third-order valence-corrected chi connectivity index (χ3v) is 6.69. The second kappa shape index (κ2) is 8.07. The van der Waals surface area contributed by atoms with E-state index in [1.165, 1.54) is 0 Å². The van der Waals surface area contributed by atoms with Gasteiger partial charge < -0.3 is 25.0 Å². The van der Waals surface area contributed by atoms with Crippen LogP contribution in [-0.2, 0) is 27.9 Å². The minimum atomic E-state index is -4.81. The summed E-state index contributed by atoms with van der Waals surface area (Å²) in [6.07, 6.45) is -1.61. The first-order valence-corrected chi connectivity index (χ1v) is 10.9. The first-order chi connectivity index (χ1) is 15.7. The number of aromatic nitrogens is 2. The number of halogens is 4. The Labute approximate surface area is 186 Å². The number of hydrogen-bond donors (Lipinski definition) is 3. The van der Waals surface area contributed by atoms with Crippen molar-refractivity contribution in [1.82, 2.24) is 10.2 Å². The summed E-state index contributed by atoms with van der Waals surface area (Å²) in [5.74, 6) is -1.77. The largest absolute Gasteiger partial charge is 0.507 e. The van der Waals surface area contributed by atoms with Crippen molar-refractivity contribution < 1.29 is 37.2 Å². The van der Waals surface area contributed by atoms with E-state index in [9.17, 15) is 27.8 Å². The molecule has 1 aromatic carbocycles. The number of benzene rings is 1. The Balaban J connectivity index is 1.62. The summed E-state index contributed by atoms with van der Waals surface area (Å²) in [7, 11) is 0. The summed E-state index contributed by atoms with van der Waals surface area (Å²) < 4.78 is 65.6. The number of phenolic OH excluding ortho intramolecular Hbond substituents is 1. The van der Waals surface area contributed by atoms with Crippen molar-refractivity contribution in [2.45, 2.75) is 62.6 Å². The van der Waals surface area contributed by atoms with Crippen molar-refractivity contribution >= 4 is 5.82 Å². The monoisotopic (exact) mass is 469 g/mol. The molecule has 1 saturated carbocycles. The van der Waals surface area contributed by atoms with E-state index in [0.29, 0.717) is 48.5 Å². The van der Waals surface area contributed by atoms with Crippen molar-refractivity contribution in [1.29, 1.82) is 0 Å². The summed E-state index contributed by atoms with van der Waals surface area (Å²) >= 11 is 0. The maximum absolute atomic E-state index is 14.8. The Morgan fingerprint density at radius 1 is 1.15 bits per heavy atom. The molecule has 1 saturated heterocycles. The molecule has 3 aliphatic rings. The van der Waals surface area contributed by atoms with Crippen molar-refractivity contribution in [3.63, 3.8) is 0 Å². The average molecular weight is 469 g/mol. The summed E-state index contributed by atoms with van der Waals surface area (Å²) in [6.45, 7) is 0.669. The molecule has 3 heterocycles. The summed E-state index contributed by atoms with van der Waals surface area (Å²) in [5.41, 5.74) is -1.69. The van der Waals surface area contributed by atoms with Crippen molar-refractivity contribution in [3.05, 3.63) is 34.6 Å². The maximum atomic E-state index is 14.8. The number of fused-ring (bicyclic) bond motifs is 2. The minimum Gasteiger partial charge on any atom is -0.507 e. The second-order valence-electron chi connectivity index (χ2n) is 8.79. The van der Waals surface area contributed by atoms with Crippen LogP contribution in [0.25, 0.3) is 11.3 Å². The van der Waals surface area contributed by atoms with Gasteiger partial charge in [-0.2, -0.15) is 13.2 Å². The Kier molecular flexibility index (Phi) is 5.45. The molecule has 1 aliphatic carbocycles. The van der Waals surface area contributed by atoms with Gasteiger partial charge in [0, 0.05) is 24.2 Å². The Morgan fingerprint density at radius 3 is 2.61 bits per heavy atom. The zero-order chi connectivity index (χ0) is 23.4. The molecular formula is C22H23F4N3O4. The van der Waals surface area contributed by atoms with Crippen molar-refractivity contribution in [2.75, 3.05) is 18.5 Å². The first kappa shape index (κ1) is 22.3. The van der Waals surface area contributed by atoms with E-state index in [-0.39, 0.29) is 24.9 Å². The van der Waals surface area contributed by atoms with Crippen LogP contribution in [0.15, 0.2) is 12.1 Å². The summed E-state index contributed by atoms with van der Waals surface area (Å²) in [6, 6.07) is 0.554. The number of anilines is 1. The zero-order valence-corrected chi connectivity index (χ0v) is 17.6. The predicted molar refractivity (Wildman–Crippen MR) is 108 cm³/mol. The van der Waals surface area contributed by atoms with Gasteiger partial charge in [0.15, 0.2) is 5.82 Å². The van der Waals surface area contributed by atoms with Gasteiger partial charge >= 0.3 is 6.18 Å². The number of aromatic hydroxyl groups is 1. The van der Waals surface area contributed by atoms with E-state index in [0.717, 1.165) is 19.3 Å². The molecule has 5 rings (SSSR count). The van der Waals surface area contributed by atoms with Gasteiger partial charge in [0.25, 0.3) is 0 Å². The van der Waals surface area contributed by atoms with Crippen LogP contribution in [-0.4, -0.2) is 45.8 Å². The molecular weight excluding hydrogens is 446 g/mol. The molecule has 1 aromatic heterocycles. The molecule has 1 spiro atoms. The molecule has 33 heavy (non-hydrogen) atoms. The van der Waals surface area contributed by atoms with Gasteiger partial charge in [-0.05, 0) is 25.0 Å². The fourth-order valence-electron chi connectivity index (χ4n) is 4.99. The van der Waals surface area contributed by atoms with Crippen molar-refractivity contribution in [2.24, 2.45) is 0 Å². The molecule has 0 radical (unpaired) electrons. The molecule has 0 amide bonds. The van der Waals surface area contributed by atoms with E-state index in [1.54, 1.807) is 0 Å². The summed E-state index contributed by atoms with van der Waals surface area (Å²) in [5, 5.41) is 32.3. The van der Waals surface area contributed by atoms with Gasteiger partial charge in [-0.1, -0.05) is 12.8 Å². The van der Waals surface area contributed by atoms with Crippen LogP contribution in [0.4, 0.5) is 23.4 Å². The average Bonchev–Trinajstić information content (AvgIpc) is 3.38. The van der Waals surface area contributed by atoms with E-state index in [1.807, 2.05) is 0 Å². The molecule has 0 unspecified atom stereocenters. The van der Waals surface area contributed by atoms with Gasteiger partial charge in [-0.3, -0.25) is 0 Å². The highest BCUT2D eigenvalue weighted by molar-refractivity contribution is 5.74. The lowest BCUT2D eigenvalue weighted by molar-refractivity contribution is -0.137. The molecule has 2 aliphatic heterocycles. The molecule has 11 heteroatoms. The number of phenols is 1. The number of nitrogens with one attached hydrogen (secondary N) is 1. The minimum absolute atomic E-state index is 0.00531. The van der Waals surface area contributed by atoms with Gasteiger partial charge in [-0.25, -0.2) is 4.39 Å². The lowest BCUT2D eigenvalue weighted by Crippen LogP contribution is -2.38. The Bertz CT molecular complexity index is 1050. The number of aliphatic hydroxyl groups is 1. The van der Waals surface area contributed by atoms with Crippen LogP contribution >= 0.6 is 0 Å². The van der Waals surface area contributed by atoms with Crippen LogP contribution in [0.2, 0.25) is 0 Å². The van der Waals surface area contributed by atoms with Gasteiger partial charge in [0.05, 0.1) is 36.5 Å². The van der Waals surface area contributed by atoms with E-state index in [4.69, 9.17) is 9.47 Å². The standard InChI is InChI=1S/C22H23F4N3O4/c23-13-7-11(22(24,25)26)8-16(31)17(13)19-12-9-33-21(5-6-32-10-21)18(12)20(29-28-19)27-14-3-1-2-4-15(14)30/h7-8,14-15,30-31H,1-6,9-10H2,(H,27,29)/t14-,15-,21+/m1/s1. The van der Waals surface area contributed by atoms with Crippen LogP contribution < -0.4 is 5.32 Å². The van der Waals surface area contributed by atoms with Crippen LogP contribution in [0.5, 0.6) is 5.75 Å². The van der Waals surface area contributed by atoms with E-state index >= 15 is 0 Å². The number of nitrogens with zero attached hydrogens (tertiary/aromatic N) is 2. The third-order valence-electron chi connectivity index (χ3n) is 6.69. The molecule has 3 N–H and O–H groups in total. The number of ether oxygens (including phenoxy) is 2. The third kappa shape index (κ3) is 3.81. The van der Waals surface area contributed by atoms with E-state index in [2.05, 4.69) is 15.5 Å². The van der Waals surface area contributed by atoms with Gasteiger partial charge in [0.1, 0.15) is 22.9 Å². The molecule has 7 nitrogen and oxygen atoms in total.